The lowest BCUT2D eigenvalue weighted by molar-refractivity contribution is -0.120. The van der Waals surface area contributed by atoms with E-state index in [9.17, 15) is 4.79 Å². The molecule has 1 aromatic rings. The van der Waals surface area contributed by atoms with E-state index in [1.165, 1.54) is 5.56 Å². The van der Waals surface area contributed by atoms with Gasteiger partial charge in [-0.05, 0) is 17.9 Å². The van der Waals surface area contributed by atoms with Crippen molar-refractivity contribution in [3.8, 4) is 0 Å². The van der Waals surface area contributed by atoms with Crippen LogP contribution in [0.4, 0.5) is 0 Å². The van der Waals surface area contributed by atoms with Crippen LogP contribution in [0.3, 0.4) is 0 Å². The number of hydrogen-bond donors (Lipinski definition) is 0. The standard InChI is InChI=1S/C12H14O/c1-9-7-11(8-12(9)13)10-5-3-2-4-6-10/h2-6,9,11H,7-8H2,1H3/t9-,11+/m0/s1. The molecule has 0 spiro atoms. The second kappa shape index (κ2) is 3.33. The Morgan fingerprint density at radius 1 is 1.23 bits per heavy atom. The molecule has 2 atom stereocenters. The quantitative estimate of drug-likeness (QED) is 0.639. The van der Waals surface area contributed by atoms with Gasteiger partial charge in [-0.3, -0.25) is 4.79 Å². The highest BCUT2D eigenvalue weighted by molar-refractivity contribution is 5.83. The van der Waals surface area contributed by atoms with Gasteiger partial charge in [-0.2, -0.15) is 0 Å². The van der Waals surface area contributed by atoms with Crippen LogP contribution in [0, 0.1) is 5.92 Å². The minimum Gasteiger partial charge on any atom is -0.299 e. The van der Waals surface area contributed by atoms with Gasteiger partial charge in [0.15, 0.2) is 0 Å². The molecule has 0 bridgehead atoms. The van der Waals surface area contributed by atoms with Crippen LogP contribution in [0.5, 0.6) is 0 Å². The third-order valence-electron chi connectivity index (χ3n) is 2.91. The summed E-state index contributed by atoms with van der Waals surface area (Å²) in [6, 6.07) is 10.3. The van der Waals surface area contributed by atoms with Crippen molar-refractivity contribution >= 4 is 5.78 Å². The average Bonchev–Trinajstić information content (AvgIpc) is 2.49. The Morgan fingerprint density at radius 3 is 2.46 bits per heavy atom. The zero-order valence-electron chi connectivity index (χ0n) is 7.86. The highest BCUT2D eigenvalue weighted by Gasteiger charge is 2.29. The molecule has 1 heteroatoms. The summed E-state index contributed by atoms with van der Waals surface area (Å²) in [5.74, 6) is 1.17. The third kappa shape index (κ3) is 1.64. The van der Waals surface area contributed by atoms with Crippen molar-refractivity contribution in [2.24, 2.45) is 5.92 Å². The van der Waals surface area contributed by atoms with Crippen molar-refractivity contribution < 1.29 is 4.79 Å². The van der Waals surface area contributed by atoms with Crippen molar-refractivity contribution in [2.45, 2.75) is 25.7 Å². The summed E-state index contributed by atoms with van der Waals surface area (Å²) < 4.78 is 0. The predicted molar refractivity (Wildman–Crippen MR) is 52.6 cm³/mol. The lowest BCUT2D eigenvalue weighted by Crippen LogP contribution is -1.98. The van der Waals surface area contributed by atoms with Gasteiger partial charge in [0.2, 0.25) is 0 Å². The second-order valence-electron chi connectivity index (χ2n) is 3.91. The molecule has 1 aliphatic carbocycles. The first kappa shape index (κ1) is 8.49. The number of Topliss-reactive ketones (excluding diaryl/α,β-unsaturated/α-hetero) is 1. The van der Waals surface area contributed by atoms with Crippen LogP contribution in [0.15, 0.2) is 30.3 Å². The van der Waals surface area contributed by atoms with Crippen molar-refractivity contribution in [3.63, 3.8) is 0 Å². The van der Waals surface area contributed by atoms with E-state index >= 15 is 0 Å². The fraction of sp³-hybridized carbons (Fsp3) is 0.417. The van der Waals surface area contributed by atoms with Gasteiger partial charge in [-0.25, -0.2) is 0 Å². The molecule has 0 unspecified atom stereocenters. The molecule has 0 aliphatic heterocycles. The first-order valence-corrected chi connectivity index (χ1v) is 4.85. The maximum atomic E-state index is 11.4. The summed E-state index contributed by atoms with van der Waals surface area (Å²) in [5, 5.41) is 0. The third-order valence-corrected chi connectivity index (χ3v) is 2.91. The van der Waals surface area contributed by atoms with Crippen LogP contribution in [-0.2, 0) is 4.79 Å². The Balaban J connectivity index is 2.17. The van der Waals surface area contributed by atoms with Gasteiger partial charge < -0.3 is 0 Å². The monoisotopic (exact) mass is 174 g/mol. The van der Waals surface area contributed by atoms with Crippen LogP contribution in [0.25, 0.3) is 0 Å². The van der Waals surface area contributed by atoms with E-state index in [2.05, 4.69) is 12.1 Å². The Bertz CT molecular complexity index is 302. The van der Waals surface area contributed by atoms with Crippen LogP contribution in [0.1, 0.15) is 31.2 Å². The van der Waals surface area contributed by atoms with Crippen molar-refractivity contribution in [1.82, 2.24) is 0 Å². The SMILES string of the molecule is C[C@H]1C[C@@H](c2ccccc2)CC1=O. The molecule has 0 aromatic heterocycles. The number of ketones is 1. The molecule has 1 aromatic carbocycles. The zero-order valence-corrected chi connectivity index (χ0v) is 7.86. The fourth-order valence-electron chi connectivity index (χ4n) is 2.06. The van der Waals surface area contributed by atoms with Crippen LogP contribution in [-0.4, -0.2) is 5.78 Å². The summed E-state index contributed by atoms with van der Waals surface area (Å²) in [7, 11) is 0. The van der Waals surface area contributed by atoms with E-state index < -0.39 is 0 Å². The molecule has 1 fully saturated rings. The summed E-state index contributed by atoms with van der Waals surface area (Å²) in [6.07, 6.45) is 1.77. The smallest absolute Gasteiger partial charge is 0.136 e. The maximum absolute atomic E-state index is 11.4. The molecule has 0 N–H and O–H groups in total. The summed E-state index contributed by atoms with van der Waals surface area (Å²) in [5.41, 5.74) is 1.32. The van der Waals surface area contributed by atoms with E-state index in [4.69, 9.17) is 0 Å². The van der Waals surface area contributed by atoms with E-state index in [-0.39, 0.29) is 5.92 Å². The van der Waals surface area contributed by atoms with Gasteiger partial charge in [0.05, 0.1) is 0 Å². The number of carbonyl (C=O) groups excluding carboxylic acids is 1. The molecule has 1 nitrogen and oxygen atoms in total. The molecule has 0 radical (unpaired) electrons. The first-order chi connectivity index (χ1) is 6.27. The minimum atomic E-state index is 0.269. The molecule has 2 rings (SSSR count). The Morgan fingerprint density at radius 2 is 1.92 bits per heavy atom. The van der Waals surface area contributed by atoms with Crippen LogP contribution < -0.4 is 0 Å². The van der Waals surface area contributed by atoms with Gasteiger partial charge in [-0.1, -0.05) is 37.3 Å². The van der Waals surface area contributed by atoms with Gasteiger partial charge in [0.1, 0.15) is 5.78 Å². The maximum Gasteiger partial charge on any atom is 0.136 e. The lowest BCUT2D eigenvalue weighted by atomic mass is 9.97. The van der Waals surface area contributed by atoms with Crippen LogP contribution >= 0.6 is 0 Å². The largest absolute Gasteiger partial charge is 0.299 e. The van der Waals surface area contributed by atoms with Crippen molar-refractivity contribution in [1.29, 1.82) is 0 Å². The van der Waals surface area contributed by atoms with Crippen molar-refractivity contribution in [3.05, 3.63) is 35.9 Å². The molecule has 1 aliphatic rings. The van der Waals surface area contributed by atoms with E-state index in [1.807, 2.05) is 25.1 Å². The van der Waals surface area contributed by atoms with E-state index in [0.29, 0.717) is 11.7 Å². The normalized spacial score (nSPS) is 27.9. The van der Waals surface area contributed by atoms with Gasteiger partial charge >= 0.3 is 0 Å². The van der Waals surface area contributed by atoms with Gasteiger partial charge in [-0.15, -0.1) is 0 Å². The highest BCUT2D eigenvalue weighted by atomic mass is 16.1. The van der Waals surface area contributed by atoms with Gasteiger partial charge in [0.25, 0.3) is 0 Å². The number of carbonyl (C=O) groups is 1. The molecular formula is C12H14O. The fourth-order valence-corrected chi connectivity index (χ4v) is 2.06. The average molecular weight is 174 g/mol. The lowest BCUT2D eigenvalue weighted by Gasteiger charge is -2.07. The number of rotatable bonds is 1. The number of hydrogen-bond acceptors (Lipinski definition) is 1. The van der Waals surface area contributed by atoms with Crippen molar-refractivity contribution in [2.75, 3.05) is 0 Å². The minimum absolute atomic E-state index is 0.269. The summed E-state index contributed by atoms with van der Waals surface area (Å²) >= 11 is 0. The molecule has 0 saturated heterocycles. The summed E-state index contributed by atoms with van der Waals surface area (Å²) in [4.78, 5) is 11.4. The summed E-state index contributed by atoms with van der Waals surface area (Å²) in [6.45, 7) is 2.03. The van der Waals surface area contributed by atoms with Crippen LogP contribution in [0.2, 0.25) is 0 Å². The highest BCUT2D eigenvalue weighted by Crippen LogP contribution is 2.35. The Kier molecular flexibility index (Phi) is 2.17. The van der Waals surface area contributed by atoms with Gasteiger partial charge in [0, 0.05) is 12.3 Å². The van der Waals surface area contributed by atoms with E-state index in [0.717, 1.165) is 12.8 Å². The van der Waals surface area contributed by atoms with E-state index in [1.54, 1.807) is 0 Å². The first-order valence-electron chi connectivity index (χ1n) is 4.85. The molecule has 68 valence electrons. The zero-order chi connectivity index (χ0) is 9.26. The molecule has 1 saturated carbocycles. The predicted octanol–water partition coefficient (Wildman–Crippen LogP) is 2.77. The molecule has 0 amide bonds. The molecule has 0 heterocycles. The second-order valence-corrected chi connectivity index (χ2v) is 3.91. The topological polar surface area (TPSA) is 17.1 Å². The molecular weight excluding hydrogens is 160 g/mol. The number of benzene rings is 1. The Hall–Kier alpha value is -1.11. The Labute approximate surface area is 78.8 Å². The molecule has 13 heavy (non-hydrogen) atoms.